The third kappa shape index (κ3) is 4.82. The summed E-state index contributed by atoms with van der Waals surface area (Å²) in [6.07, 6.45) is 1.82. The normalized spacial score (nSPS) is 16.3. The lowest BCUT2D eigenvalue weighted by molar-refractivity contribution is -0.127. The molecule has 1 saturated heterocycles. The summed E-state index contributed by atoms with van der Waals surface area (Å²) in [5.74, 6) is -0.603. The molecule has 0 bridgehead atoms. The Hall–Kier alpha value is -2.87. The summed E-state index contributed by atoms with van der Waals surface area (Å²) in [5, 5.41) is 5.45. The summed E-state index contributed by atoms with van der Waals surface area (Å²) in [6.45, 7) is 4.35. The van der Waals surface area contributed by atoms with Gasteiger partial charge in [0.2, 0.25) is 17.7 Å². The van der Waals surface area contributed by atoms with Crippen LogP contribution < -0.4 is 15.4 Å². The van der Waals surface area contributed by atoms with Crippen molar-refractivity contribution in [3.8, 4) is 5.75 Å². The number of ether oxygens (including phenoxy) is 2. The lowest BCUT2D eigenvalue weighted by atomic mass is 10.1. The second kappa shape index (κ2) is 9.00. The van der Waals surface area contributed by atoms with Crippen LogP contribution in [0, 0.1) is 5.92 Å². The molecule has 2 N–H and O–H groups in total. The van der Waals surface area contributed by atoms with E-state index < -0.39 is 5.92 Å². The van der Waals surface area contributed by atoms with Crippen LogP contribution in [-0.4, -0.2) is 56.5 Å². The van der Waals surface area contributed by atoms with Gasteiger partial charge in [0.1, 0.15) is 12.4 Å². The van der Waals surface area contributed by atoms with Crippen LogP contribution in [0.15, 0.2) is 30.9 Å². The lowest BCUT2D eigenvalue weighted by Gasteiger charge is -2.15. The second-order valence-corrected chi connectivity index (χ2v) is 5.87. The van der Waals surface area contributed by atoms with Crippen molar-refractivity contribution in [3.05, 3.63) is 30.9 Å². The zero-order chi connectivity index (χ0) is 19.1. The van der Waals surface area contributed by atoms with Gasteiger partial charge in [-0.05, 0) is 12.1 Å². The molecule has 1 aromatic carbocycles. The molecule has 1 aliphatic rings. The highest BCUT2D eigenvalue weighted by Crippen LogP contribution is 2.29. The Bertz CT molecular complexity index is 704. The van der Waals surface area contributed by atoms with Crippen molar-refractivity contribution in [2.24, 2.45) is 5.92 Å². The summed E-state index contributed by atoms with van der Waals surface area (Å²) in [7, 11) is 2.90. The predicted molar refractivity (Wildman–Crippen MR) is 97.0 cm³/mol. The molecule has 8 heteroatoms. The van der Waals surface area contributed by atoms with Crippen LogP contribution >= 0.6 is 0 Å². The number of likely N-dealkylation sites (tertiary alicyclic amines) is 1. The average molecular weight is 361 g/mol. The summed E-state index contributed by atoms with van der Waals surface area (Å²) >= 11 is 0. The molecule has 0 radical (unpaired) electrons. The summed E-state index contributed by atoms with van der Waals surface area (Å²) in [6, 6.07) is 4.89. The molecule has 0 spiro atoms. The topological polar surface area (TPSA) is 97.0 Å². The van der Waals surface area contributed by atoms with Gasteiger partial charge in [-0.25, -0.2) is 0 Å². The molecule has 1 heterocycles. The number of hydrogen-bond acceptors (Lipinski definition) is 5. The van der Waals surface area contributed by atoms with Crippen LogP contribution in [0.5, 0.6) is 5.75 Å². The maximum absolute atomic E-state index is 12.4. The fourth-order valence-corrected chi connectivity index (χ4v) is 2.71. The van der Waals surface area contributed by atoms with Gasteiger partial charge in [0.05, 0.1) is 18.7 Å². The Morgan fingerprint density at radius 1 is 1.35 bits per heavy atom. The van der Waals surface area contributed by atoms with Crippen molar-refractivity contribution in [2.75, 3.05) is 44.5 Å². The summed E-state index contributed by atoms with van der Waals surface area (Å²) in [5.41, 5.74) is 0.993. The van der Waals surface area contributed by atoms with Crippen LogP contribution in [0.2, 0.25) is 0 Å². The van der Waals surface area contributed by atoms with Gasteiger partial charge in [-0.1, -0.05) is 6.08 Å². The van der Waals surface area contributed by atoms with E-state index in [2.05, 4.69) is 17.2 Å². The number of carbonyl (C=O) groups excluding carboxylic acids is 3. The number of carbonyl (C=O) groups is 3. The van der Waals surface area contributed by atoms with Crippen LogP contribution in [0.3, 0.4) is 0 Å². The molecule has 1 unspecified atom stereocenters. The minimum atomic E-state index is -0.408. The first-order valence-corrected chi connectivity index (χ1v) is 8.14. The molecular formula is C18H23N3O5. The zero-order valence-electron chi connectivity index (χ0n) is 14.9. The number of nitrogens with zero attached hydrogens (tertiary/aromatic N) is 1. The van der Waals surface area contributed by atoms with Gasteiger partial charge in [0.15, 0.2) is 0 Å². The molecule has 3 amide bonds. The van der Waals surface area contributed by atoms with Gasteiger partial charge >= 0.3 is 0 Å². The van der Waals surface area contributed by atoms with Gasteiger partial charge in [0, 0.05) is 38.4 Å². The van der Waals surface area contributed by atoms with Crippen LogP contribution in [0.4, 0.5) is 11.4 Å². The van der Waals surface area contributed by atoms with E-state index in [-0.39, 0.29) is 30.7 Å². The number of benzene rings is 1. The maximum atomic E-state index is 12.4. The van der Waals surface area contributed by atoms with Gasteiger partial charge in [-0.15, -0.1) is 6.58 Å². The highest BCUT2D eigenvalue weighted by Gasteiger charge is 2.33. The van der Waals surface area contributed by atoms with Crippen molar-refractivity contribution in [2.45, 2.75) is 6.42 Å². The maximum Gasteiger partial charge on any atom is 0.250 e. The van der Waals surface area contributed by atoms with E-state index in [1.165, 1.54) is 14.2 Å². The van der Waals surface area contributed by atoms with Gasteiger partial charge in [0.25, 0.3) is 0 Å². The molecule has 1 atom stereocenters. The Kier molecular flexibility index (Phi) is 6.74. The molecule has 0 saturated carbocycles. The van der Waals surface area contributed by atoms with E-state index in [1.807, 2.05) is 0 Å². The molecule has 8 nitrogen and oxygen atoms in total. The molecule has 140 valence electrons. The first-order valence-electron chi connectivity index (χ1n) is 8.14. The number of hydrogen-bond donors (Lipinski definition) is 2. The van der Waals surface area contributed by atoms with E-state index >= 15 is 0 Å². The molecule has 1 fully saturated rings. The SMILES string of the molecule is C=CCN1CC(C(=O)Nc2ccc(NC(=O)COC)c(OC)c2)CC1=O. The van der Waals surface area contributed by atoms with E-state index in [0.717, 1.165) is 0 Å². The standard InChI is InChI=1S/C18H23N3O5/c1-4-7-21-10-12(8-17(21)23)18(24)19-13-5-6-14(15(9-13)26-3)20-16(22)11-25-2/h4-6,9,12H,1,7-8,10-11H2,2-3H3,(H,19,24)(H,20,22). The van der Waals surface area contributed by atoms with Gasteiger partial charge in [-0.2, -0.15) is 0 Å². The molecule has 26 heavy (non-hydrogen) atoms. The number of methoxy groups -OCH3 is 2. The molecule has 1 aliphatic heterocycles. The van der Waals surface area contributed by atoms with Crippen molar-refractivity contribution in [1.29, 1.82) is 0 Å². The van der Waals surface area contributed by atoms with E-state index in [4.69, 9.17) is 9.47 Å². The molecule has 0 aliphatic carbocycles. The first kappa shape index (κ1) is 19.5. The minimum Gasteiger partial charge on any atom is -0.494 e. The fourth-order valence-electron chi connectivity index (χ4n) is 2.71. The Balaban J connectivity index is 2.03. The monoisotopic (exact) mass is 361 g/mol. The Morgan fingerprint density at radius 3 is 2.77 bits per heavy atom. The Morgan fingerprint density at radius 2 is 2.12 bits per heavy atom. The fraction of sp³-hybridized carbons (Fsp3) is 0.389. The average Bonchev–Trinajstić information content (AvgIpc) is 2.98. The van der Waals surface area contributed by atoms with Crippen molar-refractivity contribution in [3.63, 3.8) is 0 Å². The number of nitrogens with one attached hydrogen (secondary N) is 2. The summed E-state index contributed by atoms with van der Waals surface area (Å²) in [4.78, 5) is 37.5. The van der Waals surface area contributed by atoms with Gasteiger partial charge in [-0.3, -0.25) is 14.4 Å². The van der Waals surface area contributed by atoms with Gasteiger partial charge < -0.3 is 25.0 Å². The lowest BCUT2D eigenvalue weighted by Crippen LogP contribution is -2.28. The number of anilines is 2. The molecule has 2 rings (SSSR count). The molecule has 1 aromatic rings. The Labute approximate surface area is 152 Å². The third-order valence-electron chi connectivity index (χ3n) is 3.95. The van der Waals surface area contributed by atoms with Crippen LogP contribution in [0.1, 0.15) is 6.42 Å². The highest BCUT2D eigenvalue weighted by atomic mass is 16.5. The molecular weight excluding hydrogens is 338 g/mol. The van der Waals surface area contributed by atoms with Crippen molar-refractivity contribution in [1.82, 2.24) is 4.90 Å². The number of rotatable bonds is 8. The highest BCUT2D eigenvalue weighted by molar-refractivity contribution is 5.98. The number of amides is 3. The van der Waals surface area contributed by atoms with E-state index in [0.29, 0.717) is 30.2 Å². The third-order valence-corrected chi connectivity index (χ3v) is 3.95. The zero-order valence-corrected chi connectivity index (χ0v) is 14.9. The van der Waals surface area contributed by atoms with E-state index in [9.17, 15) is 14.4 Å². The largest absolute Gasteiger partial charge is 0.494 e. The molecule has 0 aromatic heterocycles. The van der Waals surface area contributed by atoms with Crippen molar-refractivity contribution < 1.29 is 23.9 Å². The first-order chi connectivity index (χ1) is 12.5. The minimum absolute atomic E-state index is 0.0566. The van der Waals surface area contributed by atoms with Crippen molar-refractivity contribution >= 4 is 29.1 Å². The predicted octanol–water partition coefficient (Wildman–Crippen LogP) is 1.25. The van der Waals surface area contributed by atoms with Crippen LogP contribution in [-0.2, 0) is 19.1 Å². The second-order valence-electron chi connectivity index (χ2n) is 5.87. The van der Waals surface area contributed by atoms with E-state index in [1.54, 1.807) is 29.2 Å². The smallest absolute Gasteiger partial charge is 0.250 e. The quantitative estimate of drug-likeness (QED) is 0.680. The summed E-state index contributed by atoms with van der Waals surface area (Å²) < 4.78 is 10.0. The van der Waals surface area contributed by atoms with Crippen LogP contribution in [0.25, 0.3) is 0 Å².